The number of hydrogen-bond donors (Lipinski definition) is 0. The van der Waals surface area contributed by atoms with Gasteiger partial charge in [-0.25, -0.2) is 0 Å². The van der Waals surface area contributed by atoms with Crippen molar-refractivity contribution in [1.29, 1.82) is 0 Å². The lowest BCUT2D eigenvalue weighted by atomic mass is 10.2. The van der Waals surface area contributed by atoms with Crippen LogP contribution in [0.4, 0.5) is 0 Å². The third-order valence-electron chi connectivity index (χ3n) is 2.78. The van der Waals surface area contributed by atoms with Crippen LogP contribution in [0.3, 0.4) is 0 Å². The summed E-state index contributed by atoms with van der Waals surface area (Å²) in [4.78, 5) is 11.4. The Balaban J connectivity index is 1.90. The van der Waals surface area contributed by atoms with Gasteiger partial charge < -0.3 is 0 Å². The van der Waals surface area contributed by atoms with Crippen LogP contribution in [-0.2, 0) is 10.5 Å². The summed E-state index contributed by atoms with van der Waals surface area (Å²) in [5, 5.41) is 0.269. The van der Waals surface area contributed by atoms with Gasteiger partial charge in [-0.1, -0.05) is 29.8 Å². The Kier molecular flexibility index (Phi) is 3.47. The van der Waals surface area contributed by atoms with Gasteiger partial charge >= 0.3 is 0 Å². The van der Waals surface area contributed by atoms with Gasteiger partial charge in [-0.2, -0.15) is 0 Å². The number of rotatable bonds is 3. The summed E-state index contributed by atoms with van der Waals surface area (Å²) in [6.45, 7) is 2.11. The minimum atomic E-state index is 0.269. The highest BCUT2D eigenvalue weighted by molar-refractivity contribution is 7.99. The highest BCUT2D eigenvalue weighted by Gasteiger charge is 2.24. The predicted molar refractivity (Wildman–Crippen MR) is 65.1 cm³/mol. The van der Waals surface area contributed by atoms with Gasteiger partial charge in [0.25, 0.3) is 0 Å². The molecule has 2 heteroatoms. The maximum absolute atomic E-state index is 11.4. The molecule has 0 amide bonds. The molecule has 0 aromatic heterocycles. The zero-order chi connectivity index (χ0) is 10.7. The van der Waals surface area contributed by atoms with E-state index < -0.39 is 0 Å². The summed E-state index contributed by atoms with van der Waals surface area (Å²) in [6.07, 6.45) is 2.96. The van der Waals surface area contributed by atoms with E-state index >= 15 is 0 Å². The molecule has 0 N–H and O–H groups in total. The topological polar surface area (TPSA) is 17.1 Å². The normalized spacial score (nSPS) is 20.9. The summed E-state index contributed by atoms with van der Waals surface area (Å²) < 4.78 is 0. The fourth-order valence-electron chi connectivity index (χ4n) is 1.96. The van der Waals surface area contributed by atoms with Crippen molar-refractivity contribution < 1.29 is 4.79 Å². The molecule has 1 aromatic rings. The molecule has 1 saturated carbocycles. The van der Waals surface area contributed by atoms with Gasteiger partial charge in [0.05, 0.1) is 5.25 Å². The SMILES string of the molecule is Cc1cccc(CSC2CCCC2=O)c1. The van der Waals surface area contributed by atoms with E-state index in [1.165, 1.54) is 11.1 Å². The number of carbonyl (C=O) groups is 1. The van der Waals surface area contributed by atoms with E-state index in [4.69, 9.17) is 0 Å². The van der Waals surface area contributed by atoms with Crippen LogP contribution in [0, 0.1) is 6.92 Å². The zero-order valence-electron chi connectivity index (χ0n) is 9.03. The third-order valence-corrected chi connectivity index (χ3v) is 4.18. The van der Waals surface area contributed by atoms with E-state index in [1.807, 2.05) is 0 Å². The summed E-state index contributed by atoms with van der Waals surface area (Å²) in [6, 6.07) is 8.53. The Labute approximate surface area is 95.3 Å². The van der Waals surface area contributed by atoms with Crippen LogP contribution in [0.1, 0.15) is 30.4 Å². The van der Waals surface area contributed by atoms with Crippen molar-refractivity contribution in [3.63, 3.8) is 0 Å². The van der Waals surface area contributed by atoms with Crippen molar-refractivity contribution in [3.05, 3.63) is 35.4 Å². The van der Waals surface area contributed by atoms with Gasteiger partial charge in [0.2, 0.25) is 0 Å². The first-order valence-electron chi connectivity index (χ1n) is 5.45. The summed E-state index contributed by atoms with van der Waals surface area (Å²) >= 11 is 1.80. The Morgan fingerprint density at radius 3 is 3.00 bits per heavy atom. The molecule has 80 valence electrons. The Hall–Kier alpha value is -0.760. The van der Waals surface area contributed by atoms with E-state index in [-0.39, 0.29) is 5.25 Å². The number of carbonyl (C=O) groups excluding carboxylic acids is 1. The van der Waals surface area contributed by atoms with Gasteiger partial charge in [0.15, 0.2) is 0 Å². The van der Waals surface area contributed by atoms with Crippen LogP contribution >= 0.6 is 11.8 Å². The molecule has 1 aliphatic rings. The first-order chi connectivity index (χ1) is 7.25. The lowest BCUT2D eigenvalue weighted by molar-refractivity contribution is -0.116. The van der Waals surface area contributed by atoms with Crippen LogP contribution < -0.4 is 0 Å². The van der Waals surface area contributed by atoms with E-state index in [2.05, 4.69) is 31.2 Å². The standard InChI is InChI=1S/C13H16OS/c1-10-4-2-5-11(8-10)9-15-13-7-3-6-12(13)14/h2,4-5,8,13H,3,6-7,9H2,1H3. The maximum atomic E-state index is 11.4. The van der Waals surface area contributed by atoms with E-state index in [0.29, 0.717) is 5.78 Å². The predicted octanol–water partition coefficient (Wildman–Crippen LogP) is 3.35. The molecule has 1 aromatic carbocycles. The molecule has 0 heterocycles. The van der Waals surface area contributed by atoms with Crippen LogP contribution in [-0.4, -0.2) is 11.0 Å². The average Bonchev–Trinajstić information content (AvgIpc) is 2.61. The van der Waals surface area contributed by atoms with Crippen molar-refractivity contribution in [2.24, 2.45) is 0 Å². The summed E-state index contributed by atoms with van der Waals surface area (Å²) in [5.74, 6) is 1.42. The Morgan fingerprint density at radius 2 is 2.33 bits per heavy atom. The number of hydrogen-bond acceptors (Lipinski definition) is 2. The molecule has 1 nitrogen and oxygen atoms in total. The lowest BCUT2D eigenvalue weighted by Crippen LogP contribution is -2.08. The van der Waals surface area contributed by atoms with Gasteiger partial charge in [0, 0.05) is 12.2 Å². The van der Waals surface area contributed by atoms with Crippen molar-refractivity contribution >= 4 is 17.5 Å². The van der Waals surface area contributed by atoms with E-state index in [1.54, 1.807) is 11.8 Å². The molecule has 0 bridgehead atoms. The molecule has 0 saturated heterocycles. The smallest absolute Gasteiger partial charge is 0.145 e. The number of benzene rings is 1. The second-order valence-electron chi connectivity index (χ2n) is 4.15. The monoisotopic (exact) mass is 220 g/mol. The first kappa shape index (κ1) is 10.7. The first-order valence-corrected chi connectivity index (χ1v) is 6.50. The van der Waals surface area contributed by atoms with Crippen molar-refractivity contribution in [2.75, 3.05) is 0 Å². The van der Waals surface area contributed by atoms with Gasteiger partial charge in [-0.3, -0.25) is 4.79 Å². The molecule has 1 fully saturated rings. The highest BCUT2D eigenvalue weighted by atomic mass is 32.2. The van der Waals surface area contributed by atoms with Crippen LogP contribution in [0.5, 0.6) is 0 Å². The van der Waals surface area contributed by atoms with Crippen molar-refractivity contribution in [1.82, 2.24) is 0 Å². The van der Waals surface area contributed by atoms with Crippen LogP contribution in [0.25, 0.3) is 0 Å². The number of aryl methyl sites for hydroxylation is 1. The second-order valence-corrected chi connectivity index (χ2v) is 5.34. The Morgan fingerprint density at radius 1 is 1.47 bits per heavy atom. The molecule has 1 aliphatic carbocycles. The number of thioether (sulfide) groups is 1. The largest absolute Gasteiger partial charge is 0.298 e. The van der Waals surface area contributed by atoms with E-state index in [0.717, 1.165) is 25.0 Å². The van der Waals surface area contributed by atoms with E-state index in [9.17, 15) is 4.79 Å². The third kappa shape index (κ3) is 2.85. The fourth-order valence-corrected chi connectivity index (χ4v) is 3.17. The van der Waals surface area contributed by atoms with Crippen LogP contribution in [0.2, 0.25) is 0 Å². The molecule has 1 atom stereocenters. The summed E-state index contributed by atoms with van der Waals surface area (Å²) in [5.41, 5.74) is 2.63. The fraction of sp³-hybridized carbons (Fsp3) is 0.462. The van der Waals surface area contributed by atoms with Crippen LogP contribution in [0.15, 0.2) is 24.3 Å². The zero-order valence-corrected chi connectivity index (χ0v) is 9.85. The van der Waals surface area contributed by atoms with Gasteiger partial charge in [-0.15, -0.1) is 11.8 Å². The number of Topliss-reactive ketones (excluding diaryl/α,β-unsaturated/α-hetero) is 1. The average molecular weight is 220 g/mol. The van der Waals surface area contributed by atoms with Gasteiger partial charge in [-0.05, 0) is 25.3 Å². The van der Waals surface area contributed by atoms with Crippen molar-refractivity contribution in [3.8, 4) is 0 Å². The highest BCUT2D eigenvalue weighted by Crippen LogP contribution is 2.29. The molecular weight excluding hydrogens is 204 g/mol. The quantitative estimate of drug-likeness (QED) is 0.777. The minimum absolute atomic E-state index is 0.269. The molecule has 0 radical (unpaired) electrons. The number of ketones is 1. The molecule has 1 unspecified atom stereocenters. The Bertz CT molecular complexity index is 359. The molecule has 2 rings (SSSR count). The molecular formula is C13H16OS. The molecule has 0 spiro atoms. The maximum Gasteiger partial charge on any atom is 0.145 e. The van der Waals surface area contributed by atoms with Gasteiger partial charge in [0.1, 0.15) is 5.78 Å². The second kappa shape index (κ2) is 4.84. The molecule has 15 heavy (non-hydrogen) atoms. The lowest BCUT2D eigenvalue weighted by Gasteiger charge is -2.07. The summed E-state index contributed by atoms with van der Waals surface area (Å²) in [7, 11) is 0. The van der Waals surface area contributed by atoms with Crippen molar-refractivity contribution in [2.45, 2.75) is 37.2 Å². The molecule has 0 aliphatic heterocycles. The minimum Gasteiger partial charge on any atom is -0.298 e.